The molecule has 0 spiro atoms. The van der Waals surface area contributed by atoms with Crippen molar-refractivity contribution in [2.75, 3.05) is 0 Å². The van der Waals surface area contributed by atoms with E-state index in [0.717, 1.165) is 76.7 Å². The quantitative estimate of drug-likeness (QED) is 0.174. The van der Waals surface area contributed by atoms with E-state index in [1.54, 1.807) is 0 Å². The van der Waals surface area contributed by atoms with E-state index >= 15 is 0 Å². The molecular formula is C49H29N3O. The fraction of sp³-hybridized carbons (Fsp3) is 0. The van der Waals surface area contributed by atoms with Crippen LogP contribution < -0.4 is 0 Å². The first-order chi connectivity index (χ1) is 26.2. The Labute approximate surface area is 304 Å². The van der Waals surface area contributed by atoms with Gasteiger partial charge in [-0.3, -0.25) is 0 Å². The first-order valence-corrected chi connectivity index (χ1v) is 17.9. The maximum atomic E-state index is 6.81. The minimum atomic E-state index is 0.601. The summed E-state index contributed by atoms with van der Waals surface area (Å²) in [5.74, 6) is 1.85. The molecule has 11 aromatic rings. The molecule has 0 atom stereocenters. The Morgan fingerprint density at radius 3 is 1.74 bits per heavy atom. The number of furan rings is 1. The third-order valence-corrected chi connectivity index (χ3v) is 10.5. The highest BCUT2D eigenvalue weighted by Crippen LogP contribution is 2.42. The molecule has 0 bridgehead atoms. The molecule has 0 aliphatic rings. The molecular weight excluding hydrogens is 647 g/mol. The van der Waals surface area contributed by atoms with Crippen molar-refractivity contribution >= 4 is 65.0 Å². The Hall–Kier alpha value is -7.17. The van der Waals surface area contributed by atoms with E-state index in [0.29, 0.717) is 17.5 Å². The third kappa shape index (κ3) is 4.80. The van der Waals surface area contributed by atoms with Crippen molar-refractivity contribution in [1.29, 1.82) is 0 Å². The molecule has 0 amide bonds. The molecule has 53 heavy (non-hydrogen) atoms. The van der Waals surface area contributed by atoms with Crippen molar-refractivity contribution in [1.82, 2.24) is 15.0 Å². The predicted molar refractivity (Wildman–Crippen MR) is 219 cm³/mol. The summed E-state index contributed by atoms with van der Waals surface area (Å²) >= 11 is 0. The van der Waals surface area contributed by atoms with Crippen LogP contribution in [0.25, 0.3) is 110 Å². The van der Waals surface area contributed by atoms with Gasteiger partial charge in [0, 0.05) is 38.4 Å². The average Bonchev–Trinajstić information content (AvgIpc) is 3.62. The van der Waals surface area contributed by atoms with Gasteiger partial charge in [-0.2, -0.15) is 0 Å². The Morgan fingerprint density at radius 1 is 0.283 bits per heavy atom. The highest BCUT2D eigenvalue weighted by molar-refractivity contribution is 6.18. The maximum absolute atomic E-state index is 6.81. The number of nitrogens with zero attached hydrogens (tertiary/aromatic N) is 3. The molecule has 2 heterocycles. The van der Waals surface area contributed by atoms with Gasteiger partial charge in [0.25, 0.3) is 0 Å². The van der Waals surface area contributed by atoms with Gasteiger partial charge < -0.3 is 4.42 Å². The summed E-state index contributed by atoms with van der Waals surface area (Å²) in [6.07, 6.45) is 0. The highest BCUT2D eigenvalue weighted by Gasteiger charge is 2.20. The second-order valence-corrected chi connectivity index (χ2v) is 13.6. The molecule has 0 saturated heterocycles. The van der Waals surface area contributed by atoms with E-state index < -0.39 is 0 Å². The first kappa shape index (κ1) is 29.5. The van der Waals surface area contributed by atoms with Crippen LogP contribution in [0.5, 0.6) is 0 Å². The predicted octanol–water partition coefficient (Wildman–Crippen LogP) is 13.1. The second kappa shape index (κ2) is 11.7. The molecule has 9 aromatic carbocycles. The number of rotatable bonds is 4. The molecule has 0 unspecified atom stereocenters. The van der Waals surface area contributed by atoms with Crippen LogP contribution in [-0.2, 0) is 0 Å². The minimum absolute atomic E-state index is 0.601. The Kier molecular flexibility index (Phi) is 6.52. The molecule has 0 aliphatic carbocycles. The van der Waals surface area contributed by atoms with Crippen LogP contribution in [0.2, 0.25) is 0 Å². The standard InChI is InChI=1S/C49H29N3O/c1-2-13-31(14-3-1)42-28-36(29-43-41-25-24-32-15-6-9-19-38(32)45(41)53-46(42)43)48-50-47(35-23-22-30-12-4-5-16-33(30)26-35)51-49(52-48)44-27-34-17-7-8-18-37(34)39-20-10-11-21-40(39)44/h1-29H. The van der Waals surface area contributed by atoms with Crippen LogP contribution >= 0.6 is 0 Å². The molecule has 2 aromatic heterocycles. The molecule has 0 fully saturated rings. The minimum Gasteiger partial charge on any atom is -0.455 e. The summed E-state index contributed by atoms with van der Waals surface area (Å²) in [7, 11) is 0. The number of aromatic nitrogens is 3. The summed E-state index contributed by atoms with van der Waals surface area (Å²) in [4.78, 5) is 15.8. The average molecular weight is 676 g/mol. The lowest BCUT2D eigenvalue weighted by Crippen LogP contribution is -2.01. The largest absolute Gasteiger partial charge is 0.455 e. The zero-order valence-corrected chi connectivity index (χ0v) is 28.5. The fourth-order valence-electron chi connectivity index (χ4n) is 7.89. The number of hydrogen-bond acceptors (Lipinski definition) is 4. The van der Waals surface area contributed by atoms with E-state index in [1.165, 1.54) is 16.2 Å². The van der Waals surface area contributed by atoms with Crippen molar-refractivity contribution in [2.24, 2.45) is 0 Å². The van der Waals surface area contributed by atoms with Crippen LogP contribution in [0.1, 0.15) is 0 Å². The number of fused-ring (bicyclic) bond motifs is 9. The van der Waals surface area contributed by atoms with Crippen LogP contribution in [0.3, 0.4) is 0 Å². The lowest BCUT2D eigenvalue weighted by atomic mass is 9.96. The van der Waals surface area contributed by atoms with Gasteiger partial charge in [-0.1, -0.05) is 146 Å². The van der Waals surface area contributed by atoms with Crippen molar-refractivity contribution in [3.8, 4) is 45.3 Å². The van der Waals surface area contributed by atoms with Crippen molar-refractivity contribution in [3.05, 3.63) is 176 Å². The first-order valence-electron chi connectivity index (χ1n) is 17.9. The molecule has 11 rings (SSSR count). The van der Waals surface area contributed by atoms with E-state index in [-0.39, 0.29) is 0 Å². The lowest BCUT2D eigenvalue weighted by Gasteiger charge is -2.13. The smallest absolute Gasteiger partial charge is 0.164 e. The molecule has 4 heteroatoms. The second-order valence-electron chi connectivity index (χ2n) is 13.6. The topological polar surface area (TPSA) is 51.8 Å². The number of hydrogen-bond donors (Lipinski definition) is 0. The fourth-order valence-corrected chi connectivity index (χ4v) is 7.89. The van der Waals surface area contributed by atoms with Gasteiger partial charge in [-0.25, -0.2) is 15.0 Å². The van der Waals surface area contributed by atoms with Gasteiger partial charge in [-0.15, -0.1) is 0 Å². The molecule has 0 N–H and O–H groups in total. The van der Waals surface area contributed by atoms with Crippen LogP contribution in [0.4, 0.5) is 0 Å². The molecule has 0 radical (unpaired) electrons. The zero-order valence-electron chi connectivity index (χ0n) is 28.5. The zero-order chi connectivity index (χ0) is 34.9. The van der Waals surface area contributed by atoms with E-state index in [2.05, 4.69) is 170 Å². The van der Waals surface area contributed by atoms with E-state index in [4.69, 9.17) is 19.4 Å². The van der Waals surface area contributed by atoms with Crippen LogP contribution in [0.15, 0.2) is 180 Å². The Balaban J connectivity index is 1.22. The van der Waals surface area contributed by atoms with E-state index in [1.807, 2.05) is 6.07 Å². The number of benzene rings is 9. The van der Waals surface area contributed by atoms with Gasteiger partial charge in [0.2, 0.25) is 0 Å². The van der Waals surface area contributed by atoms with Gasteiger partial charge in [0.15, 0.2) is 17.5 Å². The Bertz CT molecular complexity index is 3240. The van der Waals surface area contributed by atoms with Gasteiger partial charge in [0.05, 0.1) is 0 Å². The van der Waals surface area contributed by atoms with Crippen LogP contribution in [-0.4, -0.2) is 15.0 Å². The molecule has 4 nitrogen and oxygen atoms in total. The van der Waals surface area contributed by atoms with Crippen molar-refractivity contribution < 1.29 is 4.42 Å². The summed E-state index contributed by atoms with van der Waals surface area (Å²) in [6, 6.07) is 61.6. The highest BCUT2D eigenvalue weighted by atomic mass is 16.3. The van der Waals surface area contributed by atoms with Crippen molar-refractivity contribution in [3.63, 3.8) is 0 Å². The van der Waals surface area contributed by atoms with Crippen molar-refractivity contribution in [2.45, 2.75) is 0 Å². The maximum Gasteiger partial charge on any atom is 0.164 e. The van der Waals surface area contributed by atoms with Gasteiger partial charge in [0.1, 0.15) is 11.2 Å². The van der Waals surface area contributed by atoms with Gasteiger partial charge in [-0.05, 0) is 73.6 Å². The monoisotopic (exact) mass is 675 g/mol. The van der Waals surface area contributed by atoms with E-state index in [9.17, 15) is 0 Å². The summed E-state index contributed by atoms with van der Waals surface area (Å²) in [5, 5.41) is 11.2. The van der Waals surface area contributed by atoms with Gasteiger partial charge >= 0.3 is 0 Å². The summed E-state index contributed by atoms with van der Waals surface area (Å²) in [5.41, 5.74) is 6.57. The van der Waals surface area contributed by atoms with Crippen LogP contribution in [0, 0.1) is 0 Å². The Morgan fingerprint density at radius 2 is 0.906 bits per heavy atom. The molecule has 0 saturated carbocycles. The molecule has 246 valence electrons. The third-order valence-electron chi connectivity index (χ3n) is 10.5. The molecule has 0 aliphatic heterocycles. The normalized spacial score (nSPS) is 11.8. The summed E-state index contributed by atoms with van der Waals surface area (Å²) in [6.45, 7) is 0. The lowest BCUT2D eigenvalue weighted by molar-refractivity contribution is 0.674. The SMILES string of the molecule is c1ccc(-c2cc(-c3nc(-c4ccc5ccccc5c4)nc(-c4cc5ccccc5c5ccccc45)n3)cc3c2oc2c4ccccc4ccc32)cc1. The summed E-state index contributed by atoms with van der Waals surface area (Å²) < 4.78 is 6.81.